The number of aryl methyl sites for hydroxylation is 1. The van der Waals surface area contributed by atoms with Crippen LogP contribution in [0.5, 0.6) is 0 Å². The van der Waals surface area contributed by atoms with Crippen LogP contribution < -0.4 is 10.9 Å². The van der Waals surface area contributed by atoms with Gasteiger partial charge in [0.05, 0.1) is 28.0 Å². The number of esters is 1. The number of fused-ring (bicyclic) bond motifs is 1. The second kappa shape index (κ2) is 9.07. The minimum atomic E-state index is -0.745. The zero-order chi connectivity index (χ0) is 29.5. The lowest BCUT2D eigenvalue weighted by Gasteiger charge is -2.68. The summed E-state index contributed by atoms with van der Waals surface area (Å²) in [4.78, 5) is 40.0. The predicted octanol–water partition coefficient (Wildman–Crippen LogP) is 5.31. The maximum absolute atomic E-state index is 14.9. The zero-order valence-electron chi connectivity index (χ0n) is 23.6. The van der Waals surface area contributed by atoms with E-state index in [2.05, 4.69) is 20.4 Å². The van der Waals surface area contributed by atoms with Crippen molar-refractivity contribution in [3.05, 3.63) is 74.4 Å². The topological polar surface area (TPSA) is 125 Å². The lowest BCUT2D eigenvalue weighted by molar-refractivity contribution is -0.0966. The molecule has 12 heteroatoms. The number of benzene rings is 1. The average Bonchev–Trinajstić information content (AvgIpc) is 3.26. The van der Waals surface area contributed by atoms with Gasteiger partial charge in [-0.1, -0.05) is 16.8 Å². The van der Waals surface area contributed by atoms with Crippen molar-refractivity contribution in [1.82, 2.24) is 24.7 Å². The summed E-state index contributed by atoms with van der Waals surface area (Å²) in [5.41, 5.74) is -0.326. The van der Waals surface area contributed by atoms with Crippen LogP contribution in [0.15, 0.2) is 33.6 Å². The van der Waals surface area contributed by atoms with Gasteiger partial charge >= 0.3 is 5.97 Å². The summed E-state index contributed by atoms with van der Waals surface area (Å²) in [6, 6.07) is 5.17. The first-order valence-electron chi connectivity index (χ1n) is 13.4. The molecule has 0 radical (unpaired) electrons. The molecule has 10 nitrogen and oxygen atoms in total. The first kappa shape index (κ1) is 27.3. The molecule has 3 fully saturated rings. The van der Waals surface area contributed by atoms with Crippen LogP contribution in [-0.4, -0.2) is 36.2 Å². The Labute approximate surface area is 240 Å². The molecule has 0 aliphatic heterocycles. The van der Waals surface area contributed by atoms with Gasteiger partial charge in [0.1, 0.15) is 22.4 Å². The van der Waals surface area contributed by atoms with Crippen molar-refractivity contribution in [3.8, 4) is 0 Å². The predicted molar refractivity (Wildman–Crippen MR) is 150 cm³/mol. The number of carbonyl (C=O) groups excluding carboxylic acids is 1. The minimum absolute atomic E-state index is 0.0000253. The van der Waals surface area contributed by atoms with E-state index in [-0.39, 0.29) is 32.6 Å². The monoisotopic (exact) mass is 580 g/mol. The van der Waals surface area contributed by atoms with Gasteiger partial charge in [-0.25, -0.2) is 19.2 Å². The van der Waals surface area contributed by atoms with E-state index in [9.17, 15) is 14.0 Å². The van der Waals surface area contributed by atoms with E-state index in [1.54, 1.807) is 53.8 Å². The molecule has 41 heavy (non-hydrogen) atoms. The van der Waals surface area contributed by atoms with Crippen LogP contribution >= 0.6 is 11.6 Å². The molecule has 3 heterocycles. The van der Waals surface area contributed by atoms with Crippen LogP contribution in [-0.2, 0) is 22.6 Å². The van der Waals surface area contributed by atoms with Crippen molar-refractivity contribution in [1.29, 1.82) is 0 Å². The molecule has 0 unspecified atom stereocenters. The molecule has 0 amide bonds. The second-order valence-corrected chi connectivity index (χ2v) is 12.7. The number of anilines is 1. The molecular weight excluding hydrogens is 551 g/mol. The molecule has 0 saturated heterocycles. The number of ether oxygens (including phenoxy) is 1. The molecule has 214 valence electrons. The highest BCUT2D eigenvalue weighted by Gasteiger charge is 2.73. The van der Waals surface area contributed by atoms with Gasteiger partial charge in [-0.05, 0) is 78.1 Å². The average molecular weight is 581 g/mol. The standard InChI is InChI=1S/C29H30ClFN6O4/c1-14(32-19-7-8-20(30)34-22(19)24(39)40-27(3,4)5)17-9-16(31)10-18-21(17)35-25(37(6)23(18)38)28-11-29(12-28,13-28)26-33-15(2)36-41-26/h7-10,14,32H,11-13H2,1-6H3/t14-,28?,29?/m1/s1. The first-order valence-corrected chi connectivity index (χ1v) is 13.8. The number of hydrogen-bond donors (Lipinski definition) is 1. The summed E-state index contributed by atoms with van der Waals surface area (Å²) in [7, 11) is 1.67. The Hall–Kier alpha value is -3.86. The molecule has 3 saturated carbocycles. The normalized spacial score (nSPS) is 22.1. The molecule has 1 N–H and O–H groups in total. The van der Waals surface area contributed by atoms with Gasteiger partial charge in [-0.3, -0.25) is 9.36 Å². The quantitative estimate of drug-likeness (QED) is 0.238. The van der Waals surface area contributed by atoms with Gasteiger partial charge in [-0.15, -0.1) is 0 Å². The Kier molecular flexibility index (Phi) is 6.04. The van der Waals surface area contributed by atoms with Gasteiger partial charge in [0.15, 0.2) is 11.5 Å². The Bertz CT molecular complexity index is 1770. The summed E-state index contributed by atoms with van der Waals surface area (Å²) < 4.78 is 27.4. The highest BCUT2D eigenvalue weighted by molar-refractivity contribution is 6.29. The van der Waals surface area contributed by atoms with E-state index in [1.807, 2.05) is 0 Å². The SMILES string of the molecule is Cc1noc(C23CC(c4nc5c([C@@H](C)Nc6ccc(Cl)nc6C(=O)OC(C)(C)C)cc(F)cc5c(=O)n4C)(C2)C3)n1. The third-order valence-electron chi connectivity index (χ3n) is 7.95. The number of nitrogens with zero attached hydrogens (tertiary/aromatic N) is 5. The molecule has 3 aliphatic rings. The number of pyridine rings is 1. The Morgan fingerprint density at radius 2 is 1.88 bits per heavy atom. The highest BCUT2D eigenvalue weighted by Crippen LogP contribution is 2.73. The van der Waals surface area contributed by atoms with Crippen molar-refractivity contribution in [2.75, 3.05) is 5.32 Å². The molecule has 7 rings (SSSR count). The Morgan fingerprint density at radius 3 is 2.51 bits per heavy atom. The Morgan fingerprint density at radius 1 is 1.17 bits per heavy atom. The van der Waals surface area contributed by atoms with E-state index in [0.29, 0.717) is 34.3 Å². The highest BCUT2D eigenvalue weighted by atomic mass is 35.5. The van der Waals surface area contributed by atoms with E-state index in [0.717, 1.165) is 19.3 Å². The Balaban J connectivity index is 1.37. The van der Waals surface area contributed by atoms with E-state index in [1.165, 1.54) is 16.7 Å². The maximum atomic E-state index is 14.9. The van der Waals surface area contributed by atoms with Crippen LogP contribution in [0.25, 0.3) is 10.9 Å². The van der Waals surface area contributed by atoms with Gasteiger partial charge in [0, 0.05) is 18.0 Å². The summed E-state index contributed by atoms with van der Waals surface area (Å²) in [6.45, 7) is 8.85. The maximum Gasteiger partial charge on any atom is 0.359 e. The molecule has 3 aromatic heterocycles. The third kappa shape index (κ3) is 4.46. The third-order valence-corrected chi connectivity index (χ3v) is 8.16. The fraction of sp³-hybridized carbons (Fsp3) is 0.448. The molecular formula is C29H30ClFN6O4. The van der Waals surface area contributed by atoms with Gasteiger partial charge < -0.3 is 14.6 Å². The number of aromatic nitrogens is 5. The van der Waals surface area contributed by atoms with Crippen LogP contribution in [0.1, 0.15) is 86.6 Å². The lowest BCUT2D eigenvalue weighted by Crippen LogP contribution is -2.68. The number of rotatable bonds is 6. The smallest absolute Gasteiger partial charge is 0.359 e. The molecule has 3 aliphatic carbocycles. The summed E-state index contributed by atoms with van der Waals surface area (Å²) in [6.07, 6.45) is 2.23. The fourth-order valence-electron chi connectivity index (χ4n) is 6.28. The molecule has 2 bridgehead atoms. The lowest BCUT2D eigenvalue weighted by atomic mass is 9.34. The fourth-order valence-corrected chi connectivity index (χ4v) is 6.43. The molecule has 1 aromatic carbocycles. The van der Waals surface area contributed by atoms with Crippen molar-refractivity contribution in [3.63, 3.8) is 0 Å². The second-order valence-electron chi connectivity index (χ2n) is 12.3. The number of carbonyl (C=O) groups is 1. The van der Waals surface area contributed by atoms with Crippen LogP contribution in [0.3, 0.4) is 0 Å². The van der Waals surface area contributed by atoms with E-state index < -0.39 is 23.4 Å². The van der Waals surface area contributed by atoms with Crippen molar-refractivity contribution in [2.24, 2.45) is 7.05 Å². The minimum Gasteiger partial charge on any atom is -0.455 e. The largest absolute Gasteiger partial charge is 0.455 e. The van der Waals surface area contributed by atoms with Gasteiger partial charge in [0.25, 0.3) is 5.56 Å². The summed E-state index contributed by atoms with van der Waals surface area (Å²) in [5.74, 6) is 0.651. The van der Waals surface area contributed by atoms with Crippen molar-refractivity contribution < 1.29 is 18.4 Å². The molecule has 0 spiro atoms. The van der Waals surface area contributed by atoms with Crippen molar-refractivity contribution in [2.45, 2.75) is 76.4 Å². The number of halogens is 2. The molecule has 1 atom stereocenters. The van der Waals surface area contributed by atoms with Crippen molar-refractivity contribution >= 4 is 34.2 Å². The zero-order valence-corrected chi connectivity index (χ0v) is 24.4. The van der Waals surface area contributed by atoms with Crippen LogP contribution in [0.4, 0.5) is 10.1 Å². The van der Waals surface area contributed by atoms with Crippen LogP contribution in [0.2, 0.25) is 5.15 Å². The summed E-state index contributed by atoms with van der Waals surface area (Å²) in [5, 5.41) is 7.47. The van der Waals surface area contributed by atoms with E-state index >= 15 is 0 Å². The van der Waals surface area contributed by atoms with E-state index in [4.69, 9.17) is 25.8 Å². The molecule has 4 aromatic rings. The first-order chi connectivity index (χ1) is 19.2. The van der Waals surface area contributed by atoms with Gasteiger partial charge in [0.2, 0.25) is 5.89 Å². The number of hydrogen-bond acceptors (Lipinski definition) is 9. The number of nitrogens with one attached hydrogen (secondary N) is 1. The van der Waals surface area contributed by atoms with Gasteiger partial charge in [-0.2, -0.15) is 4.98 Å². The summed E-state index contributed by atoms with van der Waals surface area (Å²) >= 11 is 6.09. The van der Waals surface area contributed by atoms with Crippen LogP contribution in [0, 0.1) is 12.7 Å².